The molecule has 11 heavy (non-hydrogen) atoms. The van der Waals surface area contributed by atoms with Crippen LogP contribution in [-0.4, -0.2) is 13.9 Å². The van der Waals surface area contributed by atoms with E-state index >= 15 is 0 Å². The van der Waals surface area contributed by atoms with Crippen LogP contribution in [0.1, 0.15) is 5.56 Å². The van der Waals surface area contributed by atoms with Gasteiger partial charge in [-0.25, -0.2) is 0 Å². The molecule has 0 fully saturated rings. The number of aromatic nitrogens is 2. The van der Waals surface area contributed by atoms with Crippen molar-refractivity contribution in [2.24, 2.45) is 0 Å². The first-order valence-electron chi connectivity index (χ1n) is 3.20. The Morgan fingerprint density at radius 1 is 1.36 bits per heavy atom. The number of hydrogen-bond acceptors (Lipinski definition) is 4. The van der Waals surface area contributed by atoms with Crippen molar-refractivity contribution in [3.05, 3.63) is 17.7 Å². The summed E-state index contributed by atoms with van der Waals surface area (Å²) < 4.78 is 8.09. The second kappa shape index (κ2) is 2.17. The van der Waals surface area contributed by atoms with Crippen molar-refractivity contribution < 1.29 is 5.11 Å². The summed E-state index contributed by atoms with van der Waals surface area (Å²) in [6, 6.07) is 3.40. The third-order valence-corrected chi connectivity index (χ3v) is 2.19. The molecule has 2 rings (SSSR count). The lowest BCUT2D eigenvalue weighted by atomic mass is 10.2. The van der Waals surface area contributed by atoms with Crippen molar-refractivity contribution in [3.63, 3.8) is 0 Å². The molecule has 0 unspecified atom stereocenters. The first kappa shape index (κ1) is 6.54. The van der Waals surface area contributed by atoms with Crippen LogP contribution in [0.4, 0.5) is 0 Å². The highest BCUT2D eigenvalue weighted by Gasteiger charge is 2.04. The zero-order valence-corrected chi connectivity index (χ0v) is 6.72. The van der Waals surface area contributed by atoms with Crippen LogP contribution in [0.3, 0.4) is 0 Å². The van der Waals surface area contributed by atoms with E-state index in [-0.39, 0.29) is 5.75 Å². The first-order chi connectivity index (χ1) is 5.29. The first-order valence-corrected chi connectivity index (χ1v) is 3.93. The molecule has 0 saturated heterocycles. The van der Waals surface area contributed by atoms with E-state index in [0.717, 1.165) is 28.3 Å². The molecular weight excluding hydrogens is 160 g/mol. The molecule has 0 spiro atoms. The van der Waals surface area contributed by atoms with Crippen LogP contribution < -0.4 is 0 Å². The fourth-order valence-corrected chi connectivity index (χ4v) is 1.56. The van der Waals surface area contributed by atoms with Gasteiger partial charge in [0.2, 0.25) is 0 Å². The third-order valence-electron chi connectivity index (χ3n) is 1.65. The smallest absolute Gasteiger partial charge is 0.120 e. The molecule has 1 aromatic carbocycles. The molecule has 0 radical (unpaired) electrons. The fourth-order valence-electron chi connectivity index (χ4n) is 0.969. The van der Waals surface area contributed by atoms with Gasteiger partial charge in [0.1, 0.15) is 16.8 Å². The Balaban J connectivity index is 2.93. The zero-order chi connectivity index (χ0) is 7.84. The molecule has 4 heteroatoms. The maximum Gasteiger partial charge on any atom is 0.120 e. The minimum absolute atomic E-state index is 0.283. The number of rotatable bonds is 0. The van der Waals surface area contributed by atoms with Gasteiger partial charge in [-0.1, -0.05) is 0 Å². The Morgan fingerprint density at radius 2 is 2.18 bits per heavy atom. The minimum Gasteiger partial charge on any atom is -0.508 e. The molecular formula is C7H6N2OS. The van der Waals surface area contributed by atoms with Gasteiger partial charge in [-0.05, 0) is 19.1 Å². The molecule has 56 valence electrons. The highest BCUT2D eigenvalue weighted by molar-refractivity contribution is 7.00. The molecule has 2 aromatic rings. The standard InChI is InChI=1S/C7H6N2OS/c1-4-6(10)3-2-5-7(4)9-11-8-5/h2-3,10H,1H3. The molecule has 0 aliphatic carbocycles. The summed E-state index contributed by atoms with van der Waals surface area (Å²) in [4.78, 5) is 0. The third kappa shape index (κ3) is 0.867. The van der Waals surface area contributed by atoms with Crippen LogP contribution in [0, 0.1) is 6.92 Å². The molecule has 3 nitrogen and oxygen atoms in total. The van der Waals surface area contributed by atoms with E-state index < -0.39 is 0 Å². The minimum atomic E-state index is 0.283. The summed E-state index contributed by atoms with van der Waals surface area (Å²) in [5.74, 6) is 0.283. The van der Waals surface area contributed by atoms with Crippen LogP contribution >= 0.6 is 11.7 Å². The van der Waals surface area contributed by atoms with E-state index in [2.05, 4.69) is 8.75 Å². The maximum atomic E-state index is 9.27. The van der Waals surface area contributed by atoms with Gasteiger partial charge < -0.3 is 5.11 Å². The van der Waals surface area contributed by atoms with E-state index in [1.807, 2.05) is 6.92 Å². The van der Waals surface area contributed by atoms with Crippen LogP contribution in [0.2, 0.25) is 0 Å². The Labute approximate surface area is 67.6 Å². The van der Waals surface area contributed by atoms with Crippen molar-refractivity contribution in [1.29, 1.82) is 0 Å². The van der Waals surface area contributed by atoms with E-state index in [4.69, 9.17) is 0 Å². The molecule has 0 saturated carbocycles. The van der Waals surface area contributed by atoms with Gasteiger partial charge >= 0.3 is 0 Å². The Morgan fingerprint density at radius 3 is 3.00 bits per heavy atom. The van der Waals surface area contributed by atoms with E-state index in [0.29, 0.717) is 0 Å². The second-order valence-electron chi connectivity index (χ2n) is 2.34. The van der Waals surface area contributed by atoms with Gasteiger partial charge in [0.25, 0.3) is 0 Å². The molecule has 1 heterocycles. The number of phenols is 1. The summed E-state index contributed by atoms with van der Waals surface area (Å²) in [5, 5.41) is 9.27. The number of phenolic OH excluding ortho intramolecular Hbond substituents is 1. The lowest BCUT2D eigenvalue weighted by molar-refractivity contribution is 0.472. The van der Waals surface area contributed by atoms with Gasteiger partial charge in [0.05, 0.1) is 11.7 Å². The van der Waals surface area contributed by atoms with E-state index in [1.165, 1.54) is 0 Å². The van der Waals surface area contributed by atoms with E-state index in [9.17, 15) is 5.11 Å². The Hall–Kier alpha value is -1.16. The van der Waals surface area contributed by atoms with Gasteiger partial charge in [-0.3, -0.25) is 0 Å². The maximum absolute atomic E-state index is 9.27. The van der Waals surface area contributed by atoms with Crippen molar-refractivity contribution >= 4 is 22.8 Å². The Kier molecular flexibility index (Phi) is 1.29. The van der Waals surface area contributed by atoms with Crippen LogP contribution in [0.5, 0.6) is 5.75 Å². The molecule has 0 atom stereocenters. The number of aromatic hydroxyl groups is 1. The molecule has 0 amide bonds. The lowest BCUT2D eigenvalue weighted by Gasteiger charge is -1.95. The van der Waals surface area contributed by atoms with Crippen molar-refractivity contribution in [2.75, 3.05) is 0 Å². The SMILES string of the molecule is Cc1c(O)ccc2nsnc12. The number of benzene rings is 1. The monoisotopic (exact) mass is 166 g/mol. The predicted octanol–water partition coefficient (Wildman–Crippen LogP) is 1.71. The fraction of sp³-hybridized carbons (Fsp3) is 0.143. The van der Waals surface area contributed by atoms with Gasteiger partial charge in [0, 0.05) is 5.56 Å². The number of fused-ring (bicyclic) bond motifs is 1. The highest BCUT2D eigenvalue weighted by atomic mass is 32.1. The number of hydrogen-bond donors (Lipinski definition) is 1. The van der Waals surface area contributed by atoms with Crippen LogP contribution in [0.25, 0.3) is 11.0 Å². The average molecular weight is 166 g/mol. The summed E-state index contributed by atoms with van der Waals surface area (Å²) in [6.45, 7) is 1.83. The topological polar surface area (TPSA) is 46.0 Å². The summed E-state index contributed by atoms with van der Waals surface area (Å²) in [5.41, 5.74) is 2.46. The zero-order valence-electron chi connectivity index (χ0n) is 5.90. The van der Waals surface area contributed by atoms with Gasteiger partial charge in [-0.15, -0.1) is 0 Å². The average Bonchev–Trinajstić information content (AvgIpc) is 2.45. The van der Waals surface area contributed by atoms with Crippen LogP contribution in [-0.2, 0) is 0 Å². The number of aryl methyl sites for hydroxylation is 1. The van der Waals surface area contributed by atoms with Crippen molar-refractivity contribution in [2.45, 2.75) is 6.92 Å². The van der Waals surface area contributed by atoms with Gasteiger partial charge in [0.15, 0.2) is 0 Å². The molecule has 1 aromatic heterocycles. The molecule has 0 bridgehead atoms. The van der Waals surface area contributed by atoms with E-state index in [1.54, 1.807) is 12.1 Å². The number of nitrogens with zero attached hydrogens (tertiary/aromatic N) is 2. The summed E-state index contributed by atoms with van der Waals surface area (Å²) in [7, 11) is 0. The van der Waals surface area contributed by atoms with Crippen molar-refractivity contribution in [3.8, 4) is 5.75 Å². The molecule has 1 N–H and O–H groups in total. The van der Waals surface area contributed by atoms with Gasteiger partial charge in [-0.2, -0.15) is 8.75 Å². The Bertz CT molecular complexity index is 396. The lowest BCUT2D eigenvalue weighted by Crippen LogP contribution is -1.77. The molecule has 0 aliphatic rings. The highest BCUT2D eigenvalue weighted by Crippen LogP contribution is 2.23. The summed E-state index contributed by atoms with van der Waals surface area (Å²) in [6.07, 6.45) is 0. The van der Waals surface area contributed by atoms with Crippen molar-refractivity contribution in [1.82, 2.24) is 8.75 Å². The predicted molar refractivity (Wildman–Crippen MR) is 43.8 cm³/mol. The second-order valence-corrected chi connectivity index (χ2v) is 2.87. The molecule has 0 aliphatic heterocycles. The summed E-state index contributed by atoms with van der Waals surface area (Å²) >= 11 is 1.16. The largest absolute Gasteiger partial charge is 0.508 e. The van der Waals surface area contributed by atoms with Crippen LogP contribution in [0.15, 0.2) is 12.1 Å². The quantitative estimate of drug-likeness (QED) is 0.648. The normalized spacial score (nSPS) is 10.6.